The van der Waals surface area contributed by atoms with Gasteiger partial charge in [-0.2, -0.15) is 0 Å². The summed E-state index contributed by atoms with van der Waals surface area (Å²) in [5.74, 6) is 0. The third-order valence-corrected chi connectivity index (χ3v) is 3.32. The highest BCUT2D eigenvalue weighted by atomic mass is 16.3. The van der Waals surface area contributed by atoms with E-state index in [0.717, 1.165) is 31.4 Å². The Bertz CT molecular complexity index is 349. The molecule has 0 bridgehead atoms. The van der Waals surface area contributed by atoms with Crippen molar-refractivity contribution in [1.29, 1.82) is 0 Å². The Morgan fingerprint density at radius 3 is 3.06 bits per heavy atom. The number of benzene rings is 1. The molecular formula is C14H21NO. The van der Waals surface area contributed by atoms with Gasteiger partial charge in [0.05, 0.1) is 6.10 Å². The maximum absolute atomic E-state index is 10.2. The number of aliphatic hydroxyl groups is 1. The summed E-state index contributed by atoms with van der Waals surface area (Å²) < 4.78 is 0. The fourth-order valence-electron chi connectivity index (χ4n) is 2.39. The molecule has 2 N–H and O–H groups in total. The van der Waals surface area contributed by atoms with Crippen LogP contribution in [0.15, 0.2) is 18.2 Å². The smallest absolute Gasteiger partial charge is 0.0810 e. The van der Waals surface area contributed by atoms with E-state index in [1.165, 1.54) is 24.1 Å². The number of anilines is 1. The van der Waals surface area contributed by atoms with Crippen LogP contribution in [0.1, 0.15) is 49.8 Å². The first kappa shape index (κ1) is 11.5. The summed E-state index contributed by atoms with van der Waals surface area (Å²) in [6.07, 6.45) is 5.20. The standard InChI is InChI=1S/C14H21NO/c1-2-3-4-8-13(16)12-7-5-6-11-9-10-15-14(11)12/h5-7,13,15-16H,2-4,8-10H2,1H3. The van der Waals surface area contributed by atoms with Gasteiger partial charge in [-0.15, -0.1) is 0 Å². The molecule has 1 atom stereocenters. The van der Waals surface area contributed by atoms with Gasteiger partial charge >= 0.3 is 0 Å². The quantitative estimate of drug-likeness (QED) is 0.745. The van der Waals surface area contributed by atoms with E-state index in [2.05, 4.69) is 24.4 Å². The van der Waals surface area contributed by atoms with Gasteiger partial charge in [0.1, 0.15) is 0 Å². The summed E-state index contributed by atoms with van der Waals surface area (Å²) in [6, 6.07) is 6.26. The average molecular weight is 219 g/mol. The Labute approximate surface area is 97.7 Å². The summed E-state index contributed by atoms with van der Waals surface area (Å²) >= 11 is 0. The van der Waals surface area contributed by atoms with E-state index in [-0.39, 0.29) is 6.10 Å². The molecule has 1 aliphatic rings. The van der Waals surface area contributed by atoms with Gasteiger partial charge in [-0.25, -0.2) is 0 Å². The van der Waals surface area contributed by atoms with Crippen molar-refractivity contribution in [1.82, 2.24) is 0 Å². The van der Waals surface area contributed by atoms with Crippen LogP contribution in [-0.2, 0) is 6.42 Å². The minimum absolute atomic E-state index is 0.299. The van der Waals surface area contributed by atoms with Crippen molar-refractivity contribution in [3.63, 3.8) is 0 Å². The van der Waals surface area contributed by atoms with Gasteiger partial charge in [0.2, 0.25) is 0 Å². The van der Waals surface area contributed by atoms with Crippen molar-refractivity contribution in [2.24, 2.45) is 0 Å². The molecule has 0 aromatic heterocycles. The molecule has 0 radical (unpaired) electrons. The van der Waals surface area contributed by atoms with Gasteiger partial charge in [-0.3, -0.25) is 0 Å². The van der Waals surface area contributed by atoms with Crippen LogP contribution in [0, 0.1) is 0 Å². The third kappa shape index (κ3) is 2.38. The van der Waals surface area contributed by atoms with Crippen LogP contribution in [-0.4, -0.2) is 11.7 Å². The molecule has 1 unspecified atom stereocenters. The zero-order valence-corrected chi connectivity index (χ0v) is 10.00. The zero-order valence-electron chi connectivity index (χ0n) is 10.00. The average Bonchev–Trinajstić information content (AvgIpc) is 2.76. The maximum atomic E-state index is 10.2. The number of fused-ring (bicyclic) bond motifs is 1. The topological polar surface area (TPSA) is 32.3 Å². The van der Waals surface area contributed by atoms with E-state index in [1.807, 2.05) is 6.07 Å². The predicted octanol–water partition coefficient (Wildman–Crippen LogP) is 3.27. The number of para-hydroxylation sites is 1. The number of unbranched alkanes of at least 4 members (excludes halogenated alkanes) is 2. The Morgan fingerprint density at radius 2 is 2.25 bits per heavy atom. The lowest BCUT2D eigenvalue weighted by molar-refractivity contribution is 0.164. The number of hydrogen-bond acceptors (Lipinski definition) is 2. The van der Waals surface area contributed by atoms with Crippen LogP contribution in [0.5, 0.6) is 0 Å². The molecule has 2 heteroatoms. The Morgan fingerprint density at radius 1 is 1.38 bits per heavy atom. The Hall–Kier alpha value is -1.02. The minimum atomic E-state index is -0.299. The summed E-state index contributed by atoms with van der Waals surface area (Å²) in [4.78, 5) is 0. The Balaban J connectivity index is 2.05. The highest BCUT2D eigenvalue weighted by Crippen LogP contribution is 2.32. The molecule has 0 amide bonds. The molecule has 88 valence electrons. The zero-order chi connectivity index (χ0) is 11.4. The molecule has 0 spiro atoms. The van der Waals surface area contributed by atoms with Gasteiger partial charge in [0, 0.05) is 17.8 Å². The molecule has 0 saturated heterocycles. The molecule has 0 saturated carbocycles. The largest absolute Gasteiger partial charge is 0.388 e. The third-order valence-electron chi connectivity index (χ3n) is 3.32. The van der Waals surface area contributed by atoms with Crippen LogP contribution < -0.4 is 5.32 Å². The van der Waals surface area contributed by atoms with Crippen LogP contribution in [0.2, 0.25) is 0 Å². The van der Waals surface area contributed by atoms with Gasteiger partial charge in [-0.05, 0) is 18.4 Å². The van der Waals surface area contributed by atoms with Gasteiger partial charge in [0.25, 0.3) is 0 Å². The number of nitrogens with one attached hydrogen (secondary N) is 1. The molecule has 1 aliphatic heterocycles. The molecule has 2 rings (SSSR count). The van der Waals surface area contributed by atoms with E-state index in [0.29, 0.717) is 0 Å². The first-order valence-electron chi connectivity index (χ1n) is 6.36. The van der Waals surface area contributed by atoms with E-state index in [1.54, 1.807) is 0 Å². The summed E-state index contributed by atoms with van der Waals surface area (Å²) in [5.41, 5.74) is 3.63. The second-order valence-electron chi connectivity index (χ2n) is 4.57. The van der Waals surface area contributed by atoms with Crippen LogP contribution in [0.3, 0.4) is 0 Å². The van der Waals surface area contributed by atoms with E-state index >= 15 is 0 Å². The number of rotatable bonds is 5. The van der Waals surface area contributed by atoms with E-state index in [4.69, 9.17) is 0 Å². The van der Waals surface area contributed by atoms with Crippen LogP contribution >= 0.6 is 0 Å². The maximum Gasteiger partial charge on any atom is 0.0810 e. The monoisotopic (exact) mass is 219 g/mol. The number of hydrogen-bond donors (Lipinski definition) is 2. The van der Waals surface area contributed by atoms with E-state index in [9.17, 15) is 5.11 Å². The lowest BCUT2D eigenvalue weighted by Crippen LogP contribution is -2.02. The fourth-order valence-corrected chi connectivity index (χ4v) is 2.39. The van der Waals surface area contributed by atoms with Crippen molar-refractivity contribution >= 4 is 5.69 Å². The van der Waals surface area contributed by atoms with Crippen LogP contribution in [0.4, 0.5) is 5.69 Å². The normalized spacial score (nSPS) is 15.6. The van der Waals surface area contributed by atoms with Crippen molar-refractivity contribution < 1.29 is 5.11 Å². The highest BCUT2D eigenvalue weighted by Gasteiger charge is 2.18. The van der Waals surface area contributed by atoms with Crippen molar-refractivity contribution in [2.75, 3.05) is 11.9 Å². The molecule has 2 nitrogen and oxygen atoms in total. The second kappa shape index (κ2) is 5.35. The molecule has 0 aliphatic carbocycles. The highest BCUT2D eigenvalue weighted by molar-refractivity contribution is 5.61. The lowest BCUT2D eigenvalue weighted by atomic mass is 9.99. The van der Waals surface area contributed by atoms with Crippen LogP contribution in [0.25, 0.3) is 0 Å². The van der Waals surface area contributed by atoms with Crippen molar-refractivity contribution in [2.45, 2.75) is 45.1 Å². The fraction of sp³-hybridized carbons (Fsp3) is 0.571. The first-order valence-corrected chi connectivity index (χ1v) is 6.36. The molecule has 1 heterocycles. The molecule has 16 heavy (non-hydrogen) atoms. The summed E-state index contributed by atoms with van der Waals surface area (Å²) in [5, 5.41) is 13.6. The molecular weight excluding hydrogens is 198 g/mol. The van der Waals surface area contributed by atoms with Crippen molar-refractivity contribution in [3.8, 4) is 0 Å². The molecule has 0 fully saturated rings. The molecule has 1 aromatic carbocycles. The van der Waals surface area contributed by atoms with Crippen molar-refractivity contribution in [3.05, 3.63) is 29.3 Å². The lowest BCUT2D eigenvalue weighted by Gasteiger charge is -2.15. The van der Waals surface area contributed by atoms with E-state index < -0.39 is 0 Å². The first-order chi connectivity index (χ1) is 7.83. The minimum Gasteiger partial charge on any atom is -0.388 e. The molecule has 1 aromatic rings. The second-order valence-corrected chi connectivity index (χ2v) is 4.57. The predicted molar refractivity (Wildman–Crippen MR) is 67.7 cm³/mol. The Kier molecular flexibility index (Phi) is 3.83. The van der Waals surface area contributed by atoms with Gasteiger partial charge in [-0.1, -0.05) is 44.4 Å². The SMILES string of the molecule is CCCCCC(O)c1cccc2c1NCC2. The van der Waals surface area contributed by atoms with Gasteiger partial charge in [0.15, 0.2) is 0 Å². The van der Waals surface area contributed by atoms with Gasteiger partial charge < -0.3 is 10.4 Å². The summed E-state index contributed by atoms with van der Waals surface area (Å²) in [7, 11) is 0. The summed E-state index contributed by atoms with van der Waals surface area (Å²) in [6.45, 7) is 3.20. The number of aliphatic hydroxyl groups excluding tert-OH is 1.